The minimum Gasteiger partial charge on any atom is -0.484 e. The molecule has 2 aromatic carbocycles. The van der Waals surface area contributed by atoms with Crippen LogP contribution in [0.4, 0.5) is 0 Å². The number of hydrogen-bond donors (Lipinski definition) is 7. The Morgan fingerprint density at radius 3 is 2.38 bits per heavy atom. The zero-order chi connectivity index (χ0) is 29.0. The first kappa shape index (κ1) is 30.6. The molecule has 2 aliphatic rings. The van der Waals surface area contributed by atoms with Gasteiger partial charge in [-0.25, -0.2) is 13.1 Å². The lowest BCUT2D eigenvalue weighted by atomic mass is 10.0. The first-order valence-electron chi connectivity index (χ1n) is 12.8. The molecule has 40 heavy (non-hydrogen) atoms. The Bertz CT molecular complexity index is 1320. The maximum atomic E-state index is 12.9. The van der Waals surface area contributed by atoms with E-state index in [2.05, 4.69) is 21.0 Å². The van der Waals surface area contributed by atoms with Crippen LogP contribution in [0.1, 0.15) is 22.8 Å². The van der Waals surface area contributed by atoms with Crippen molar-refractivity contribution in [2.75, 3.05) is 39.4 Å². The third-order valence-electron chi connectivity index (χ3n) is 7.30. The number of nitriles is 1. The van der Waals surface area contributed by atoms with Crippen LogP contribution in [0.25, 0.3) is 0 Å². The van der Waals surface area contributed by atoms with Crippen molar-refractivity contribution < 1.29 is 38.7 Å². The van der Waals surface area contributed by atoms with E-state index in [9.17, 15) is 34.1 Å². The smallest absolute Gasteiger partial charge is 0.240 e. The second kappa shape index (κ2) is 13.1. The molecule has 4 rings (SSSR count). The van der Waals surface area contributed by atoms with Gasteiger partial charge in [0.05, 0.1) is 41.8 Å². The molecule has 1 heterocycles. The second-order valence-electron chi connectivity index (χ2n) is 9.84. The van der Waals surface area contributed by atoms with Crippen LogP contribution in [0.5, 0.6) is 5.75 Å². The summed E-state index contributed by atoms with van der Waals surface area (Å²) >= 11 is 6.32. The number of aliphatic hydroxyl groups excluding tert-OH is 5. The molecule has 0 saturated carbocycles. The lowest BCUT2D eigenvalue weighted by Crippen LogP contribution is -2.54. The fraction of sp³-hybridized carbons (Fsp3) is 0.500. The number of benzene rings is 2. The lowest BCUT2D eigenvalue weighted by molar-refractivity contribution is -0.0891. The van der Waals surface area contributed by atoms with Gasteiger partial charge in [-0.1, -0.05) is 11.6 Å². The maximum Gasteiger partial charge on any atom is 0.240 e. The molecular weight excluding hydrogens is 564 g/mol. The Kier molecular flexibility index (Phi) is 10.0. The van der Waals surface area contributed by atoms with Gasteiger partial charge in [-0.3, -0.25) is 4.90 Å². The van der Waals surface area contributed by atoms with Crippen molar-refractivity contribution in [3.8, 4) is 11.8 Å². The molecule has 1 saturated heterocycles. The Labute approximate surface area is 237 Å². The zero-order valence-electron chi connectivity index (χ0n) is 21.5. The van der Waals surface area contributed by atoms with E-state index >= 15 is 0 Å². The summed E-state index contributed by atoms with van der Waals surface area (Å²) in [5.74, 6) is 0.385. The van der Waals surface area contributed by atoms with Gasteiger partial charge in [0.25, 0.3) is 0 Å². The van der Waals surface area contributed by atoms with Crippen LogP contribution < -0.4 is 14.8 Å². The molecule has 1 aliphatic carbocycles. The molecule has 4 unspecified atom stereocenters. The predicted molar refractivity (Wildman–Crippen MR) is 144 cm³/mol. The Hall–Kier alpha value is -2.35. The molecule has 0 radical (unpaired) electrons. The summed E-state index contributed by atoms with van der Waals surface area (Å²) in [5, 5.41) is 61.6. The van der Waals surface area contributed by atoms with Gasteiger partial charge in [-0.05, 0) is 53.9 Å². The summed E-state index contributed by atoms with van der Waals surface area (Å²) in [4.78, 5) is 2.12. The molecule has 14 heteroatoms. The van der Waals surface area contributed by atoms with Crippen LogP contribution in [0.3, 0.4) is 0 Å². The number of nitrogens with one attached hydrogen (secondary N) is 2. The number of sulfonamides is 1. The fourth-order valence-corrected chi connectivity index (χ4v) is 6.61. The molecule has 7 N–H and O–H groups in total. The number of nitrogens with zero attached hydrogens (tertiary/aromatic N) is 2. The summed E-state index contributed by atoms with van der Waals surface area (Å²) in [6.45, 7) is 1.51. The number of fused-ring (bicyclic) bond motifs is 1. The molecule has 0 amide bonds. The van der Waals surface area contributed by atoms with E-state index in [0.29, 0.717) is 22.8 Å². The van der Waals surface area contributed by atoms with Crippen LogP contribution in [0, 0.1) is 11.3 Å². The monoisotopic (exact) mass is 596 g/mol. The summed E-state index contributed by atoms with van der Waals surface area (Å²) in [7, 11) is -4.27. The maximum absolute atomic E-state index is 12.9. The van der Waals surface area contributed by atoms with E-state index in [1.165, 1.54) is 24.3 Å². The van der Waals surface area contributed by atoms with Crippen molar-refractivity contribution in [1.29, 1.82) is 5.26 Å². The van der Waals surface area contributed by atoms with Crippen molar-refractivity contribution in [1.82, 2.24) is 14.9 Å². The van der Waals surface area contributed by atoms with E-state index < -0.39 is 53.7 Å². The number of hydrogen-bond acceptors (Lipinski definition) is 11. The van der Waals surface area contributed by atoms with Crippen LogP contribution in [-0.4, -0.2) is 109 Å². The van der Waals surface area contributed by atoms with Crippen molar-refractivity contribution in [3.63, 3.8) is 0 Å². The van der Waals surface area contributed by atoms with Gasteiger partial charge in [0.15, 0.2) is 0 Å². The molecule has 0 aromatic heterocycles. The number of halogens is 1. The minimum atomic E-state index is -4.27. The van der Waals surface area contributed by atoms with E-state index in [1.54, 1.807) is 12.1 Å². The number of piperazine rings is 1. The Balaban J connectivity index is 1.55. The molecule has 2 aromatic rings. The van der Waals surface area contributed by atoms with Crippen molar-refractivity contribution >= 4 is 21.6 Å². The van der Waals surface area contributed by atoms with Crippen LogP contribution in [0.15, 0.2) is 41.3 Å². The summed E-state index contributed by atoms with van der Waals surface area (Å²) < 4.78 is 34.4. The first-order chi connectivity index (χ1) is 19.1. The highest BCUT2D eigenvalue weighted by molar-refractivity contribution is 7.89. The van der Waals surface area contributed by atoms with E-state index in [1.807, 2.05) is 0 Å². The fourth-order valence-electron chi connectivity index (χ4n) is 5.14. The van der Waals surface area contributed by atoms with E-state index in [4.69, 9.17) is 21.4 Å². The quantitative estimate of drug-likeness (QED) is 0.166. The highest BCUT2D eigenvalue weighted by Gasteiger charge is 2.40. The average Bonchev–Trinajstić information content (AvgIpc) is 3.32. The van der Waals surface area contributed by atoms with E-state index in [0.717, 1.165) is 37.3 Å². The SMILES string of the molecule is N#Cc1cc(Cl)cc2c1C[C@H](N1CCNCC1)[C@H]2Oc1ccc(S(=O)(=O)NC(CO)C(O)C(O)C(O)CO)cc1. The van der Waals surface area contributed by atoms with Gasteiger partial charge in [0.1, 0.15) is 30.2 Å². The molecule has 6 atom stereocenters. The summed E-state index contributed by atoms with van der Waals surface area (Å²) in [6, 6.07) is 9.61. The molecular formula is C26H33ClN4O8S. The molecule has 218 valence electrons. The summed E-state index contributed by atoms with van der Waals surface area (Å²) in [6.07, 6.45) is -5.35. The highest BCUT2D eigenvalue weighted by Crippen LogP contribution is 2.41. The third kappa shape index (κ3) is 6.58. The van der Waals surface area contributed by atoms with Crippen LogP contribution in [-0.2, 0) is 16.4 Å². The Morgan fingerprint density at radius 2 is 1.77 bits per heavy atom. The van der Waals surface area contributed by atoms with Gasteiger partial charge in [-0.15, -0.1) is 0 Å². The van der Waals surface area contributed by atoms with Gasteiger partial charge >= 0.3 is 0 Å². The topological polar surface area (TPSA) is 196 Å². The predicted octanol–water partition coefficient (Wildman–Crippen LogP) is -1.12. The summed E-state index contributed by atoms with van der Waals surface area (Å²) in [5.41, 5.74) is 2.19. The molecule has 12 nitrogen and oxygen atoms in total. The molecule has 1 aliphatic heterocycles. The average molecular weight is 597 g/mol. The van der Waals surface area contributed by atoms with Crippen molar-refractivity contribution in [2.45, 2.75) is 47.8 Å². The van der Waals surface area contributed by atoms with Crippen LogP contribution in [0.2, 0.25) is 5.02 Å². The lowest BCUT2D eigenvalue weighted by Gasteiger charge is -2.36. The third-order valence-corrected chi connectivity index (χ3v) is 9.03. The Morgan fingerprint density at radius 1 is 1.10 bits per heavy atom. The van der Waals surface area contributed by atoms with Gasteiger partial charge in [0, 0.05) is 31.2 Å². The number of rotatable bonds is 11. The second-order valence-corrected chi connectivity index (χ2v) is 12.0. The standard InChI is InChI=1S/C26H33ClN4O8S/c27-16-9-15(12-28)19-11-22(31-7-5-29-6-8-31)26(20(19)10-16)39-17-1-3-18(4-2-17)40(37,38)30-21(13-32)24(35)25(36)23(34)14-33/h1-4,9-10,21-26,29-30,32-36H,5-8,11,13-14H2/t21?,22-,23?,24?,25?,26-/m0/s1. The zero-order valence-corrected chi connectivity index (χ0v) is 23.1. The van der Waals surface area contributed by atoms with Crippen LogP contribution >= 0.6 is 11.6 Å². The first-order valence-corrected chi connectivity index (χ1v) is 14.7. The van der Waals surface area contributed by atoms with E-state index in [-0.39, 0.29) is 10.9 Å². The minimum absolute atomic E-state index is 0.0553. The van der Waals surface area contributed by atoms with Crippen molar-refractivity contribution in [2.24, 2.45) is 0 Å². The van der Waals surface area contributed by atoms with Crippen molar-refractivity contribution in [3.05, 3.63) is 58.1 Å². The molecule has 0 bridgehead atoms. The number of aliphatic hydroxyl groups is 5. The van der Waals surface area contributed by atoms with Gasteiger partial charge in [0.2, 0.25) is 10.0 Å². The normalized spacial score (nSPS) is 22.6. The number of ether oxygens (including phenoxy) is 1. The largest absolute Gasteiger partial charge is 0.484 e. The van der Waals surface area contributed by atoms with Gasteiger partial charge in [-0.2, -0.15) is 5.26 Å². The molecule has 0 spiro atoms. The van der Waals surface area contributed by atoms with Gasteiger partial charge < -0.3 is 35.6 Å². The molecule has 1 fully saturated rings. The highest BCUT2D eigenvalue weighted by atomic mass is 35.5.